The number of aromatic carboxylic acids is 1. The first-order valence-corrected chi connectivity index (χ1v) is 13.6. The van der Waals surface area contributed by atoms with Crippen LogP contribution >= 0.6 is 0 Å². The highest BCUT2D eigenvalue weighted by atomic mass is 16.4. The minimum atomic E-state index is -0.899. The molecule has 1 heterocycles. The molecular formula is C28H50N4O2. The summed E-state index contributed by atoms with van der Waals surface area (Å²) < 4.78 is 0. The SMILES string of the molecule is CCCCC(CC)CN1CC(C)(N)CN(CC(CC)CCCC)C1Nc1ccccc1C(=O)O. The molecule has 1 aliphatic rings. The van der Waals surface area contributed by atoms with Crippen molar-refractivity contribution < 1.29 is 9.90 Å². The van der Waals surface area contributed by atoms with Crippen LogP contribution in [0.2, 0.25) is 0 Å². The summed E-state index contributed by atoms with van der Waals surface area (Å²) in [5.74, 6) is 0.318. The third-order valence-corrected chi connectivity index (χ3v) is 7.33. The molecule has 1 fully saturated rings. The van der Waals surface area contributed by atoms with Gasteiger partial charge in [0.15, 0.2) is 0 Å². The van der Waals surface area contributed by atoms with E-state index in [4.69, 9.17) is 5.73 Å². The van der Waals surface area contributed by atoms with Crippen molar-refractivity contribution in [1.82, 2.24) is 9.80 Å². The first kappa shape index (κ1) is 28.6. The average molecular weight is 475 g/mol. The van der Waals surface area contributed by atoms with Crippen molar-refractivity contribution in [2.75, 3.05) is 31.5 Å². The van der Waals surface area contributed by atoms with Gasteiger partial charge in [-0.3, -0.25) is 9.80 Å². The monoisotopic (exact) mass is 474 g/mol. The zero-order valence-electron chi connectivity index (χ0n) is 22.4. The summed E-state index contributed by atoms with van der Waals surface area (Å²) in [4.78, 5) is 16.9. The van der Waals surface area contributed by atoms with E-state index in [1.54, 1.807) is 12.1 Å². The lowest BCUT2D eigenvalue weighted by Crippen LogP contribution is -2.70. The molecule has 0 bridgehead atoms. The van der Waals surface area contributed by atoms with Crippen LogP contribution in [0.5, 0.6) is 0 Å². The van der Waals surface area contributed by atoms with Crippen molar-refractivity contribution in [2.45, 2.75) is 97.8 Å². The molecule has 1 aromatic carbocycles. The van der Waals surface area contributed by atoms with Gasteiger partial charge in [-0.1, -0.05) is 78.4 Å². The number of rotatable bonds is 15. The number of carboxylic acids is 1. The van der Waals surface area contributed by atoms with Gasteiger partial charge < -0.3 is 16.2 Å². The van der Waals surface area contributed by atoms with E-state index in [1.807, 2.05) is 12.1 Å². The highest BCUT2D eigenvalue weighted by Crippen LogP contribution is 2.28. The van der Waals surface area contributed by atoms with Crippen LogP contribution in [0.25, 0.3) is 0 Å². The number of hydrogen-bond donors (Lipinski definition) is 3. The standard InChI is InChI=1S/C28H50N4O2/c1-6-10-14-22(8-3)18-31-20-28(5,29)21-32(19-23(9-4)15-11-7-2)27(31)30-25-17-13-12-16-24(25)26(33)34/h12-13,16-17,22-23,27,30H,6-11,14-15,18-21,29H2,1-5H3,(H,33,34). The fraction of sp³-hybridized carbons (Fsp3) is 0.750. The molecule has 1 aromatic rings. The summed E-state index contributed by atoms with van der Waals surface area (Å²) in [5.41, 5.74) is 7.51. The molecule has 2 atom stereocenters. The highest BCUT2D eigenvalue weighted by molar-refractivity contribution is 5.94. The van der Waals surface area contributed by atoms with E-state index in [9.17, 15) is 9.90 Å². The maximum Gasteiger partial charge on any atom is 0.337 e. The van der Waals surface area contributed by atoms with Gasteiger partial charge in [0.25, 0.3) is 0 Å². The minimum Gasteiger partial charge on any atom is -0.478 e. The second-order valence-corrected chi connectivity index (χ2v) is 10.7. The van der Waals surface area contributed by atoms with Crippen LogP contribution in [0.15, 0.2) is 24.3 Å². The van der Waals surface area contributed by atoms with E-state index in [-0.39, 0.29) is 11.8 Å². The van der Waals surface area contributed by atoms with Gasteiger partial charge in [-0.25, -0.2) is 4.79 Å². The number of hydrogen-bond acceptors (Lipinski definition) is 5. The number of unbranched alkanes of at least 4 members (excludes halogenated alkanes) is 2. The van der Waals surface area contributed by atoms with Crippen molar-refractivity contribution in [2.24, 2.45) is 17.6 Å². The van der Waals surface area contributed by atoms with Gasteiger partial charge in [0.05, 0.1) is 11.3 Å². The normalized spacial score (nSPS) is 23.5. The summed E-state index contributed by atoms with van der Waals surface area (Å²) >= 11 is 0. The Balaban J connectivity index is 2.38. The first-order valence-electron chi connectivity index (χ1n) is 13.6. The van der Waals surface area contributed by atoms with Gasteiger partial charge in [0.1, 0.15) is 6.29 Å². The maximum absolute atomic E-state index is 11.9. The van der Waals surface area contributed by atoms with E-state index < -0.39 is 5.97 Å². The Morgan fingerprint density at radius 1 is 1.03 bits per heavy atom. The third-order valence-electron chi connectivity index (χ3n) is 7.33. The van der Waals surface area contributed by atoms with Crippen LogP contribution in [0.1, 0.15) is 96.3 Å². The summed E-state index contributed by atoms with van der Waals surface area (Å²) in [6.45, 7) is 14.8. The molecule has 2 unspecified atom stereocenters. The topological polar surface area (TPSA) is 81.8 Å². The quantitative estimate of drug-likeness (QED) is 0.296. The van der Waals surface area contributed by atoms with Gasteiger partial charge >= 0.3 is 5.97 Å². The van der Waals surface area contributed by atoms with Gasteiger partial charge in [0, 0.05) is 31.7 Å². The zero-order chi connectivity index (χ0) is 25.1. The first-order chi connectivity index (χ1) is 16.2. The number of nitrogens with two attached hydrogens (primary N) is 1. The second-order valence-electron chi connectivity index (χ2n) is 10.7. The second kappa shape index (κ2) is 14.1. The molecule has 0 aliphatic carbocycles. The van der Waals surface area contributed by atoms with E-state index >= 15 is 0 Å². The fourth-order valence-electron chi connectivity index (χ4n) is 5.33. The summed E-state index contributed by atoms with van der Waals surface area (Å²) in [5, 5.41) is 13.4. The molecule has 0 aromatic heterocycles. The number of nitrogens with zero attached hydrogens (tertiary/aromatic N) is 2. The van der Waals surface area contributed by atoms with Crippen LogP contribution in [0.4, 0.5) is 5.69 Å². The zero-order valence-corrected chi connectivity index (χ0v) is 22.4. The Morgan fingerprint density at radius 2 is 1.53 bits per heavy atom. The molecule has 6 nitrogen and oxygen atoms in total. The van der Waals surface area contributed by atoms with Crippen LogP contribution in [-0.4, -0.2) is 58.9 Å². The lowest BCUT2D eigenvalue weighted by Gasteiger charge is -2.52. The number of nitrogens with one attached hydrogen (secondary N) is 1. The summed E-state index contributed by atoms with van der Waals surface area (Å²) in [6, 6.07) is 7.27. The fourth-order valence-corrected chi connectivity index (χ4v) is 5.33. The summed E-state index contributed by atoms with van der Waals surface area (Å²) in [7, 11) is 0. The van der Waals surface area contributed by atoms with E-state index in [0.717, 1.165) is 39.0 Å². The molecular weight excluding hydrogens is 424 g/mol. The lowest BCUT2D eigenvalue weighted by molar-refractivity contribution is -0.0326. The molecule has 0 radical (unpaired) electrons. The number of carbonyl (C=O) groups is 1. The smallest absolute Gasteiger partial charge is 0.337 e. The van der Waals surface area contributed by atoms with Crippen molar-refractivity contribution in [3.8, 4) is 0 Å². The van der Waals surface area contributed by atoms with Crippen molar-refractivity contribution in [3.63, 3.8) is 0 Å². The molecule has 6 heteroatoms. The van der Waals surface area contributed by atoms with E-state index in [0.29, 0.717) is 23.1 Å². The van der Waals surface area contributed by atoms with E-state index in [1.165, 1.54) is 38.5 Å². The number of benzene rings is 1. The predicted molar refractivity (Wildman–Crippen MR) is 143 cm³/mol. The summed E-state index contributed by atoms with van der Waals surface area (Å²) in [6.07, 6.45) is 9.56. The number of carboxylic acid groups (broad SMARTS) is 1. The molecule has 0 saturated carbocycles. The van der Waals surface area contributed by atoms with Gasteiger partial charge in [-0.05, 0) is 43.7 Å². The number of para-hydroxylation sites is 1. The molecule has 1 aliphatic heterocycles. The molecule has 1 saturated heterocycles. The van der Waals surface area contributed by atoms with Crippen LogP contribution in [0.3, 0.4) is 0 Å². The minimum absolute atomic E-state index is 0.0662. The number of anilines is 1. The van der Waals surface area contributed by atoms with Gasteiger partial charge in [-0.2, -0.15) is 0 Å². The third kappa shape index (κ3) is 8.54. The average Bonchev–Trinajstić information content (AvgIpc) is 2.80. The van der Waals surface area contributed by atoms with Crippen LogP contribution < -0.4 is 11.1 Å². The Bertz CT molecular complexity index is 709. The molecule has 0 spiro atoms. The van der Waals surface area contributed by atoms with Gasteiger partial charge in [-0.15, -0.1) is 0 Å². The lowest BCUT2D eigenvalue weighted by atomic mass is 9.93. The molecule has 2 rings (SSSR count). The molecule has 194 valence electrons. The molecule has 4 N–H and O–H groups in total. The Labute approximate surface area is 208 Å². The van der Waals surface area contributed by atoms with Crippen LogP contribution in [0, 0.1) is 11.8 Å². The van der Waals surface area contributed by atoms with Crippen molar-refractivity contribution >= 4 is 11.7 Å². The molecule has 0 amide bonds. The maximum atomic E-state index is 11.9. The van der Waals surface area contributed by atoms with E-state index in [2.05, 4.69) is 49.7 Å². The highest BCUT2D eigenvalue weighted by Gasteiger charge is 2.40. The largest absolute Gasteiger partial charge is 0.478 e. The van der Waals surface area contributed by atoms with Crippen LogP contribution in [-0.2, 0) is 0 Å². The van der Waals surface area contributed by atoms with Crippen molar-refractivity contribution in [3.05, 3.63) is 29.8 Å². The predicted octanol–water partition coefficient (Wildman–Crippen LogP) is 5.85. The van der Waals surface area contributed by atoms with Crippen molar-refractivity contribution in [1.29, 1.82) is 0 Å². The Kier molecular flexibility index (Phi) is 11.8. The van der Waals surface area contributed by atoms with Gasteiger partial charge in [0.2, 0.25) is 0 Å². The molecule has 34 heavy (non-hydrogen) atoms. The Morgan fingerprint density at radius 3 is 1.97 bits per heavy atom. The Hall–Kier alpha value is -1.63.